The molecule has 5 nitrogen and oxygen atoms in total. The summed E-state index contributed by atoms with van der Waals surface area (Å²) in [4.78, 5) is 17.0. The molecule has 0 spiro atoms. The van der Waals surface area contributed by atoms with E-state index < -0.39 is 5.82 Å². The Morgan fingerprint density at radius 3 is 2.77 bits per heavy atom. The van der Waals surface area contributed by atoms with Crippen LogP contribution in [-0.2, 0) is 4.79 Å². The summed E-state index contributed by atoms with van der Waals surface area (Å²) in [6.07, 6.45) is 10.3. The van der Waals surface area contributed by atoms with Crippen LogP contribution in [-0.4, -0.2) is 41.9 Å². The van der Waals surface area contributed by atoms with Gasteiger partial charge in [0.15, 0.2) is 11.6 Å². The molecule has 2 unspecified atom stereocenters. The molecular formula is C24H30FN3O2. The van der Waals surface area contributed by atoms with Gasteiger partial charge < -0.3 is 15.4 Å². The number of nitrogens with two attached hydrogens (primary N) is 1. The van der Waals surface area contributed by atoms with Crippen LogP contribution in [0.5, 0.6) is 5.75 Å². The number of allylic oxidation sites excluding steroid dienone is 4. The van der Waals surface area contributed by atoms with E-state index in [-0.39, 0.29) is 23.6 Å². The number of amides is 1. The molecule has 2 N–H and O–H groups in total. The molecule has 0 bridgehead atoms. The molecule has 3 rings (SSSR count). The SMILES string of the molecule is CCN(CC(C)N)C1=CN2C(=O)C=C(c3ccc(OC)c(F)c3)C(C)CC=C2C=C1. The second kappa shape index (κ2) is 9.30. The maximum atomic E-state index is 14.3. The maximum absolute atomic E-state index is 14.3. The summed E-state index contributed by atoms with van der Waals surface area (Å²) in [6.45, 7) is 7.57. The Balaban J connectivity index is 1.95. The number of nitrogens with zero attached hydrogens (tertiary/aromatic N) is 2. The van der Waals surface area contributed by atoms with Gasteiger partial charge in [0.1, 0.15) is 0 Å². The topological polar surface area (TPSA) is 58.8 Å². The highest BCUT2D eigenvalue weighted by atomic mass is 19.1. The van der Waals surface area contributed by atoms with Gasteiger partial charge >= 0.3 is 0 Å². The number of halogens is 1. The number of benzene rings is 1. The minimum absolute atomic E-state index is 0.0246. The summed E-state index contributed by atoms with van der Waals surface area (Å²) in [7, 11) is 1.43. The molecule has 1 amide bonds. The Kier molecular flexibility index (Phi) is 6.77. The van der Waals surface area contributed by atoms with Crippen molar-refractivity contribution in [3.05, 3.63) is 71.5 Å². The van der Waals surface area contributed by atoms with Crippen LogP contribution in [0.2, 0.25) is 0 Å². The molecule has 6 heteroatoms. The first-order chi connectivity index (χ1) is 14.3. The Morgan fingerprint density at radius 1 is 1.37 bits per heavy atom. The quantitative estimate of drug-likeness (QED) is 0.767. The summed E-state index contributed by atoms with van der Waals surface area (Å²) in [5.41, 5.74) is 9.27. The zero-order valence-corrected chi connectivity index (χ0v) is 18.1. The minimum Gasteiger partial charge on any atom is -0.494 e. The third kappa shape index (κ3) is 4.65. The highest BCUT2D eigenvalue weighted by Gasteiger charge is 2.24. The molecule has 0 radical (unpaired) electrons. The molecule has 1 aromatic carbocycles. The van der Waals surface area contributed by atoms with Crippen LogP contribution in [0.1, 0.15) is 32.8 Å². The fourth-order valence-electron chi connectivity index (χ4n) is 3.79. The van der Waals surface area contributed by atoms with Crippen molar-refractivity contribution in [2.45, 2.75) is 33.2 Å². The zero-order valence-electron chi connectivity index (χ0n) is 18.1. The van der Waals surface area contributed by atoms with Gasteiger partial charge in [-0.1, -0.05) is 19.1 Å². The average Bonchev–Trinajstić information content (AvgIpc) is 2.72. The standard InChI is InChI=1S/C24H30FN3O2/c1-5-27(14-17(3)26)20-10-9-19-8-6-16(2)21(13-24(29)28(19)15-20)18-7-11-23(30-4)22(25)12-18/h7-13,15-17H,5-6,14,26H2,1-4H3. The molecule has 2 heterocycles. The van der Waals surface area contributed by atoms with Crippen LogP contribution < -0.4 is 10.5 Å². The number of carbonyl (C=O) groups excluding carboxylic acids is 1. The molecular weight excluding hydrogens is 381 g/mol. The number of carbonyl (C=O) groups is 1. The van der Waals surface area contributed by atoms with E-state index in [1.54, 1.807) is 23.1 Å². The third-order valence-corrected chi connectivity index (χ3v) is 5.43. The second-order valence-corrected chi connectivity index (χ2v) is 7.83. The molecule has 1 aromatic rings. The lowest BCUT2D eigenvalue weighted by Crippen LogP contribution is -2.37. The molecule has 2 atom stereocenters. The number of hydrogen-bond acceptors (Lipinski definition) is 4. The summed E-state index contributed by atoms with van der Waals surface area (Å²) in [6, 6.07) is 4.84. The predicted octanol–water partition coefficient (Wildman–Crippen LogP) is 4.05. The highest BCUT2D eigenvalue weighted by Crippen LogP contribution is 2.33. The van der Waals surface area contributed by atoms with Gasteiger partial charge in [0.2, 0.25) is 0 Å². The summed E-state index contributed by atoms with van der Waals surface area (Å²) in [5.74, 6) is -0.335. The zero-order chi connectivity index (χ0) is 21.8. The van der Waals surface area contributed by atoms with E-state index in [0.29, 0.717) is 12.1 Å². The molecule has 2 aliphatic rings. The van der Waals surface area contributed by atoms with Crippen molar-refractivity contribution < 1.29 is 13.9 Å². The highest BCUT2D eigenvalue weighted by molar-refractivity contribution is 5.98. The van der Waals surface area contributed by atoms with Crippen molar-refractivity contribution in [1.82, 2.24) is 9.80 Å². The van der Waals surface area contributed by atoms with Gasteiger partial charge in [-0.25, -0.2) is 4.39 Å². The first kappa shape index (κ1) is 21.8. The van der Waals surface area contributed by atoms with Crippen LogP contribution in [0.15, 0.2) is 60.1 Å². The molecule has 0 aromatic heterocycles. The molecule has 0 saturated carbocycles. The molecule has 0 saturated heterocycles. The van der Waals surface area contributed by atoms with Crippen molar-refractivity contribution in [1.29, 1.82) is 0 Å². The van der Waals surface area contributed by atoms with Gasteiger partial charge in [0.25, 0.3) is 5.91 Å². The van der Waals surface area contributed by atoms with E-state index in [2.05, 4.69) is 17.9 Å². The van der Waals surface area contributed by atoms with Crippen molar-refractivity contribution in [2.24, 2.45) is 11.7 Å². The number of ether oxygens (including phenoxy) is 1. The van der Waals surface area contributed by atoms with Gasteiger partial charge in [-0.2, -0.15) is 0 Å². The van der Waals surface area contributed by atoms with Crippen LogP contribution >= 0.6 is 0 Å². The van der Waals surface area contributed by atoms with Gasteiger partial charge in [0, 0.05) is 37.1 Å². The van der Waals surface area contributed by atoms with Crippen molar-refractivity contribution in [3.8, 4) is 5.75 Å². The van der Waals surface area contributed by atoms with E-state index in [1.807, 2.05) is 32.2 Å². The molecule has 160 valence electrons. The first-order valence-corrected chi connectivity index (χ1v) is 10.3. The molecule has 0 aliphatic carbocycles. The van der Waals surface area contributed by atoms with Crippen LogP contribution in [0.4, 0.5) is 4.39 Å². The van der Waals surface area contributed by atoms with Crippen molar-refractivity contribution in [2.75, 3.05) is 20.2 Å². The lowest BCUT2D eigenvalue weighted by atomic mass is 9.89. The monoisotopic (exact) mass is 411 g/mol. The minimum atomic E-state index is -0.439. The Hall–Kier alpha value is -2.86. The summed E-state index contributed by atoms with van der Waals surface area (Å²) in [5, 5.41) is 0. The van der Waals surface area contributed by atoms with Gasteiger partial charge in [0.05, 0.1) is 12.8 Å². The normalized spacial score (nSPS) is 19.8. The smallest absolute Gasteiger partial charge is 0.255 e. The number of fused-ring (bicyclic) bond motifs is 1. The van der Waals surface area contributed by atoms with Gasteiger partial charge in [-0.3, -0.25) is 9.69 Å². The largest absolute Gasteiger partial charge is 0.494 e. The van der Waals surface area contributed by atoms with Crippen LogP contribution in [0.25, 0.3) is 5.57 Å². The van der Waals surface area contributed by atoms with E-state index in [9.17, 15) is 9.18 Å². The van der Waals surface area contributed by atoms with Crippen LogP contribution in [0.3, 0.4) is 0 Å². The number of methoxy groups -OCH3 is 1. The average molecular weight is 412 g/mol. The summed E-state index contributed by atoms with van der Waals surface area (Å²) >= 11 is 0. The predicted molar refractivity (Wildman–Crippen MR) is 118 cm³/mol. The first-order valence-electron chi connectivity index (χ1n) is 10.3. The summed E-state index contributed by atoms with van der Waals surface area (Å²) < 4.78 is 19.3. The molecule has 0 fully saturated rings. The second-order valence-electron chi connectivity index (χ2n) is 7.83. The van der Waals surface area contributed by atoms with Gasteiger partial charge in [-0.05, 0) is 61.6 Å². The van der Waals surface area contributed by atoms with E-state index in [1.165, 1.54) is 13.2 Å². The number of hydrogen-bond donors (Lipinski definition) is 1. The Bertz CT molecular complexity index is 930. The van der Waals surface area contributed by atoms with Crippen molar-refractivity contribution >= 4 is 11.5 Å². The van der Waals surface area contributed by atoms with Crippen molar-refractivity contribution in [3.63, 3.8) is 0 Å². The fourth-order valence-corrected chi connectivity index (χ4v) is 3.79. The molecule has 30 heavy (non-hydrogen) atoms. The van der Waals surface area contributed by atoms with E-state index in [0.717, 1.165) is 29.9 Å². The Labute approximate surface area is 178 Å². The Morgan fingerprint density at radius 2 is 2.13 bits per heavy atom. The lowest BCUT2D eigenvalue weighted by Gasteiger charge is -2.32. The third-order valence-electron chi connectivity index (χ3n) is 5.43. The number of rotatable bonds is 6. The number of likely N-dealkylation sites (N-methyl/N-ethyl adjacent to an activating group) is 1. The molecule has 2 aliphatic heterocycles. The van der Waals surface area contributed by atoms with E-state index >= 15 is 0 Å². The van der Waals surface area contributed by atoms with Crippen LogP contribution in [0, 0.1) is 11.7 Å². The van der Waals surface area contributed by atoms with E-state index in [4.69, 9.17) is 10.5 Å². The lowest BCUT2D eigenvalue weighted by molar-refractivity contribution is -0.122. The van der Waals surface area contributed by atoms with Gasteiger partial charge in [-0.15, -0.1) is 0 Å². The maximum Gasteiger partial charge on any atom is 0.255 e. The fraction of sp³-hybridized carbons (Fsp3) is 0.375.